The number of ether oxygens (including phenoxy) is 1. The van der Waals surface area contributed by atoms with Gasteiger partial charge >= 0.3 is 0 Å². The Bertz CT molecular complexity index is 790. The third-order valence-corrected chi connectivity index (χ3v) is 6.40. The van der Waals surface area contributed by atoms with E-state index in [0.29, 0.717) is 17.9 Å². The van der Waals surface area contributed by atoms with Gasteiger partial charge in [-0.3, -0.25) is 4.90 Å². The number of rotatable bonds is 0. The number of hydrogen-bond acceptors (Lipinski definition) is 2. The number of fused-ring (bicyclic) bond motifs is 2. The Morgan fingerprint density at radius 1 is 1.30 bits per heavy atom. The molecule has 120 valence electrons. The fraction of sp³-hybridized carbons (Fsp3) is 0.500. The maximum Gasteiger partial charge on any atom is 0.0981 e. The predicted octanol–water partition coefficient (Wildman–Crippen LogP) is 3.68. The van der Waals surface area contributed by atoms with Crippen LogP contribution in [0.15, 0.2) is 35.9 Å². The zero-order chi connectivity index (χ0) is 15.6. The van der Waals surface area contributed by atoms with Crippen LogP contribution in [-0.4, -0.2) is 36.1 Å². The molecule has 2 aromatic rings. The Labute approximate surface area is 137 Å². The van der Waals surface area contributed by atoms with Gasteiger partial charge in [0.15, 0.2) is 0 Å². The van der Waals surface area contributed by atoms with E-state index in [0.717, 1.165) is 26.0 Å². The molecule has 1 aromatic heterocycles. The second-order valence-electron chi connectivity index (χ2n) is 7.44. The van der Waals surface area contributed by atoms with Gasteiger partial charge in [0, 0.05) is 35.1 Å². The molecule has 3 nitrogen and oxygen atoms in total. The number of allylic oxidation sites excluding steroid dienone is 1. The van der Waals surface area contributed by atoms with Crippen LogP contribution in [-0.2, 0) is 11.2 Å². The molecule has 4 unspecified atom stereocenters. The van der Waals surface area contributed by atoms with Gasteiger partial charge in [0.1, 0.15) is 0 Å². The molecule has 2 saturated heterocycles. The number of aromatic nitrogens is 1. The van der Waals surface area contributed by atoms with Crippen molar-refractivity contribution in [1.82, 2.24) is 9.88 Å². The molecule has 0 spiro atoms. The molecule has 3 heteroatoms. The zero-order valence-corrected chi connectivity index (χ0v) is 13.9. The number of H-pyrrole nitrogens is 1. The molecule has 0 radical (unpaired) electrons. The second-order valence-corrected chi connectivity index (χ2v) is 7.44. The van der Waals surface area contributed by atoms with Gasteiger partial charge in [0.25, 0.3) is 0 Å². The van der Waals surface area contributed by atoms with Crippen molar-refractivity contribution in [2.24, 2.45) is 11.8 Å². The predicted molar refractivity (Wildman–Crippen MR) is 92.5 cm³/mol. The Morgan fingerprint density at radius 2 is 2.17 bits per heavy atom. The van der Waals surface area contributed by atoms with Gasteiger partial charge in [-0.05, 0) is 44.4 Å². The van der Waals surface area contributed by atoms with Crippen molar-refractivity contribution >= 4 is 10.9 Å². The van der Waals surface area contributed by atoms with Crippen LogP contribution in [0, 0.1) is 11.8 Å². The lowest BCUT2D eigenvalue weighted by Crippen LogP contribution is -2.54. The van der Waals surface area contributed by atoms with Gasteiger partial charge in [0.05, 0.1) is 12.7 Å². The average Bonchev–Trinajstić information content (AvgIpc) is 2.92. The highest BCUT2D eigenvalue weighted by atomic mass is 16.5. The number of benzene rings is 1. The highest BCUT2D eigenvalue weighted by Gasteiger charge is 2.46. The SMILES string of the molecule is C/C=C1/CN(C)C2Cc3c([nH]c4ccccc34)C3CC1C2CO3. The molecule has 4 heterocycles. The van der Waals surface area contributed by atoms with E-state index in [2.05, 4.69) is 54.2 Å². The van der Waals surface area contributed by atoms with E-state index in [1.807, 2.05) is 0 Å². The van der Waals surface area contributed by atoms with E-state index in [4.69, 9.17) is 4.74 Å². The van der Waals surface area contributed by atoms with E-state index >= 15 is 0 Å². The molecule has 23 heavy (non-hydrogen) atoms. The third kappa shape index (κ3) is 1.90. The van der Waals surface area contributed by atoms with Crippen LogP contribution in [0.2, 0.25) is 0 Å². The van der Waals surface area contributed by atoms with E-state index in [-0.39, 0.29) is 6.10 Å². The lowest BCUT2D eigenvalue weighted by atomic mass is 9.69. The number of piperidine rings is 1. The summed E-state index contributed by atoms with van der Waals surface area (Å²) in [6.07, 6.45) is 4.86. The molecule has 2 fully saturated rings. The summed E-state index contributed by atoms with van der Waals surface area (Å²) < 4.78 is 6.33. The molecule has 4 bridgehead atoms. The molecule has 1 N–H and O–H groups in total. The summed E-state index contributed by atoms with van der Waals surface area (Å²) in [7, 11) is 2.28. The maximum absolute atomic E-state index is 6.33. The van der Waals surface area contributed by atoms with Crippen molar-refractivity contribution in [3.8, 4) is 0 Å². The van der Waals surface area contributed by atoms with E-state index in [1.54, 1.807) is 5.57 Å². The largest absolute Gasteiger partial charge is 0.372 e. The summed E-state index contributed by atoms with van der Waals surface area (Å²) in [6.45, 7) is 4.22. The first-order valence-electron chi connectivity index (χ1n) is 8.82. The Hall–Kier alpha value is -1.58. The summed E-state index contributed by atoms with van der Waals surface area (Å²) >= 11 is 0. The quantitative estimate of drug-likeness (QED) is 0.752. The number of likely N-dealkylation sites (tertiary alicyclic amines) is 1. The minimum absolute atomic E-state index is 0.234. The summed E-state index contributed by atoms with van der Waals surface area (Å²) in [4.78, 5) is 6.24. The third-order valence-electron chi connectivity index (χ3n) is 6.40. The van der Waals surface area contributed by atoms with E-state index in [1.165, 1.54) is 22.2 Å². The number of nitrogens with zero attached hydrogens (tertiary/aromatic N) is 1. The average molecular weight is 308 g/mol. The van der Waals surface area contributed by atoms with Gasteiger partial charge in [-0.1, -0.05) is 29.8 Å². The highest BCUT2D eigenvalue weighted by Crippen LogP contribution is 2.48. The lowest BCUT2D eigenvalue weighted by molar-refractivity contribution is -0.0833. The number of aromatic amines is 1. The van der Waals surface area contributed by atoms with Gasteiger partial charge < -0.3 is 9.72 Å². The summed E-state index contributed by atoms with van der Waals surface area (Å²) in [5, 5.41) is 1.39. The van der Waals surface area contributed by atoms with Crippen LogP contribution >= 0.6 is 0 Å². The van der Waals surface area contributed by atoms with Gasteiger partial charge in [0.2, 0.25) is 0 Å². The summed E-state index contributed by atoms with van der Waals surface area (Å²) in [5.74, 6) is 1.33. The van der Waals surface area contributed by atoms with Crippen LogP contribution in [0.5, 0.6) is 0 Å². The Kier molecular flexibility index (Phi) is 2.98. The van der Waals surface area contributed by atoms with Crippen LogP contribution < -0.4 is 0 Å². The maximum atomic E-state index is 6.33. The van der Waals surface area contributed by atoms with Crippen LogP contribution in [0.3, 0.4) is 0 Å². The fourth-order valence-corrected chi connectivity index (χ4v) is 5.21. The molecule has 1 aromatic carbocycles. The first kappa shape index (κ1) is 13.8. The molecule has 0 saturated carbocycles. The van der Waals surface area contributed by atoms with E-state index in [9.17, 15) is 0 Å². The second kappa shape index (κ2) is 4.96. The fourth-order valence-electron chi connectivity index (χ4n) is 5.21. The normalized spacial score (nSPS) is 35.3. The number of hydrogen-bond donors (Lipinski definition) is 1. The van der Waals surface area contributed by atoms with Gasteiger partial charge in [-0.2, -0.15) is 0 Å². The molecule has 4 aliphatic rings. The molecular weight excluding hydrogens is 284 g/mol. The van der Waals surface area contributed by atoms with Crippen molar-refractivity contribution in [2.75, 3.05) is 20.2 Å². The highest BCUT2D eigenvalue weighted by molar-refractivity contribution is 5.85. The molecular formula is C20H24N2O. The first-order chi connectivity index (χ1) is 11.3. The van der Waals surface area contributed by atoms with Crippen molar-refractivity contribution in [1.29, 1.82) is 0 Å². The van der Waals surface area contributed by atoms with Crippen LogP contribution in [0.25, 0.3) is 10.9 Å². The van der Waals surface area contributed by atoms with E-state index < -0.39 is 0 Å². The minimum Gasteiger partial charge on any atom is -0.372 e. The standard InChI is InChI=1S/C20H24N2O/c1-3-12-10-22(2)18-8-15-13-6-4-5-7-17(13)21-20(15)19-9-14(12)16(18)11-23-19/h3-7,14,16,18-19,21H,8-11H2,1-2H3/b12-3-. The molecule has 6 rings (SSSR count). The van der Waals surface area contributed by atoms with Crippen molar-refractivity contribution in [2.45, 2.75) is 31.9 Å². The molecule has 3 aliphatic heterocycles. The molecule has 4 atom stereocenters. The van der Waals surface area contributed by atoms with Crippen molar-refractivity contribution < 1.29 is 4.74 Å². The number of nitrogens with one attached hydrogen (secondary N) is 1. The lowest BCUT2D eigenvalue weighted by Gasteiger charge is -2.51. The number of likely N-dealkylation sites (N-methyl/N-ethyl adjacent to an activating group) is 1. The monoisotopic (exact) mass is 308 g/mol. The van der Waals surface area contributed by atoms with Crippen LogP contribution in [0.4, 0.5) is 0 Å². The topological polar surface area (TPSA) is 28.3 Å². The minimum atomic E-state index is 0.234. The van der Waals surface area contributed by atoms with Crippen LogP contribution in [0.1, 0.15) is 30.7 Å². The zero-order valence-electron chi connectivity index (χ0n) is 13.9. The first-order valence-corrected chi connectivity index (χ1v) is 8.82. The Morgan fingerprint density at radius 3 is 3.04 bits per heavy atom. The van der Waals surface area contributed by atoms with Crippen molar-refractivity contribution in [3.63, 3.8) is 0 Å². The summed E-state index contributed by atoms with van der Waals surface area (Å²) in [6, 6.07) is 9.31. The summed E-state index contributed by atoms with van der Waals surface area (Å²) in [5.41, 5.74) is 5.70. The van der Waals surface area contributed by atoms with Gasteiger partial charge in [-0.15, -0.1) is 0 Å². The number of para-hydroxylation sites is 1. The molecule has 1 aliphatic carbocycles. The molecule has 0 amide bonds. The van der Waals surface area contributed by atoms with Gasteiger partial charge in [-0.25, -0.2) is 0 Å². The smallest absolute Gasteiger partial charge is 0.0981 e. The Balaban J connectivity index is 1.71. The van der Waals surface area contributed by atoms with Crippen molar-refractivity contribution in [3.05, 3.63) is 47.2 Å².